The summed E-state index contributed by atoms with van der Waals surface area (Å²) in [5, 5.41) is 10.4. The lowest BCUT2D eigenvalue weighted by Crippen LogP contribution is -1.99. The molecule has 0 bridgehead atoms. The van der Waals surface area contributed by atoms with Gasteiger partial charge in [-0.2, -0.15) is 0 Å². The third kappa shape index (κ3) is 2.73. The molecule has 0 saturated carbocycles. The number of nitrogens with one attached hydrogen (secondary N) is 1. The zero-order chi connectivity index (χ0) is 14.8. The van der Waals surface area contributed by atoms with Crippen LogP contribution in [0.3, 0.4) is 0 Å². The van der Waals surface area contributed by atoms with E-state index in [1.54, 1.807) is 30.6 Å². The van der Waals surface area contributed by atoms with Crippen molar-refractivity contribution in [3.63, 3.8) is 0 Å². The number of hydrogen-bond acceptors (Lipinski definition) is 2. The Kier molecular flexibility index (Phi) is 3.58. The number of carboxylic acids is 1. The van der Waals surface area contributed by atoms with E-state index in [1.807, 2.05) is 24.3 Å². The number of aromatic nitrogens is 2. The Hall–Kier alpha value is -2.40. The molecule has 5 heteroatoms. The van der Waals surface area contributed by atoms with E-state index in [2.05, 4.69) is 25.9 Å². The van der Waals surface area contributed by atoms with Crippen molar-refractivity contribution in [2.24, 2.45) is 0 Å². The number of carboxylic acid groups (broad SMARTS) is 1. The molecule has 21 heavy (non-hydrogen) atoms. The molecule has 1 aromatic carbocycles. The average Bonchev–Trinajstić information content (AvgIpc) is 2.87. The van der Waals surface area contributed by atoms with Gasteiger partial charge in [0.15, 0.2) is 0 Å². The van der Waals surface area contributed by atoms with E-state index in [1.165, 1.54) is 0 Å². The molecular formula is C16H11BrN2O2. The van der Waals surface area contributed by atoms with Gasteiger partial charge in [-0.1, -0.05) is 28.1 Å². The van der Waals surface area contributed by atoms with Gasteiger partial charge in [-0.25, -0.2) is 9.78 Å². The van der Waals surface area contributed by atoms with Crippen LogP contribution in [0.25, 0.3) is 22.7 Å². The molecule has 2 aromatic heterocycles. The maximum absolute atomic E-state index is 11.6. The largest absolute Gasteiger partial charge is 0.478 e. The van der Waals surface area contributed by atoms with Crippen LogP contribution in [0, 0.1) is 0 Å². The molecule has 0 aliphatic heterocycles. The van der Waals surface area contributed by atoms with Crippen LogP contribution in [0.5, 0.6) is 0 Å². The zero-order valence-corrected chi connectivity index (χ0v) is 12.5. The van der Waals surface area contributed by atoms with Crippen molar-refractivity contribution in [2.45, 2.75) is 0 Å². The summed E-state index contributed by atoms with van der Waals surface area (Å²) in [6.07, 6.45) is 5.11. The van der Waals surface area contributed by atoms with Crippen molar-refractivity contribution in [3.05, 3.63) is 64.4 Å². The SMILES string of the molecule is O=C(O)/C(=C\c1c[nH]c2ncccc12)c1cccc(Br)c1. The van der Waals surface area contributed by atoms with E-state index in [0.717, 1.165) is 21.1 Å². The summed E-state index contributed by atoms with van der Waals surface area (Å²) in [6.45, 7) is 0. The second-order valence-corrected chi connectivity index (χ2v) is 5.43. The van der Waals surface area contributed by atoms with E-state index in [9.17, 15) is 9.90 Å². The Bertz CT molecular complexity index is 852. The molecule has 4 nitrogen and oxygen atoms in total. The first-order chi connectivity index (χ1) is 10.1. The zero-order valence-electron chi connectivity index (χ0n) is 10.9. The van der Waals surface area contributed by atoms with Gasteiger partial charge >= 0.3 is 5.97 Å². The van der Waals surface area contributed by atoms with Crippen molar-refractivity contribution in [1.29, 1.82) is 0 Å². The molecule has 0 fully saturated rings. The number of benzene rings is 1. The normalized spacial score (nSPS) is 11.8. The molecule has 0 spiro atoms. The summed E-state index contributed by atoms with van der Waals surface area (Å²) in [5.41, 5.74) is 2.43. The standard InChI is InChI=1S/C16H11BrN2O2/c17-12-4-1-3-10(7-12)14(16(20)21)8-11-9-19-15-13(11)5-2-6-18-15/h1-9H,(H,18,19)(H,20,21)/b14-8-. The number of carbonyl (C=O) groups is 1. The minimum absolute atomic E-state index is 0.237. The molecule has 104 valence electrons. The van der Waals surface area contributed by atoms with E-state index in [0.29, 0.717) is 5.56 Å². The Morgan fingerprint density at radius 2 is 2.14 bits per heavy atom. The van der Waals surface area contributed by atoms with Crippen molar-refractivity contribution < 1.29 is 9.90 Å². The molecular weight excluding hydrogens is 332 g/mol. The summed E-state index contributed by atoms with van der Waals surface area (Å²) in [4.78, 5) is 18.8. The third-order valence-electron chi connectivity index (χ3n) is 3.15. The number of halogens is 1. The first-order valence-corrected chi connectivity index (χ1v) is 7.07. The van der Waals surface area contributed by atoms with Crippen LogP contribution in [-0.4, -0.2) is 21.0 Å². The molecule has 2 N–H and O–H groups in total. The van der Waals surface area contributed by atoms with E-state index in [4.69, 9.17) is 0 Å². The van der Waals surface area contributed by atoms with Gasteiger partial charge in [0.2, 0.25) is 0 Å². The first-order valence-electron chi connectivity index (χ1n) is 6.28. The Morgan fingerprint density at radius 3 is 2.90 bits per heavy atom. The summed E-state index contributed by atoms with van der Waals surface area (Å²) < 4.78 is 0.841. The molecule has 0 unspecified atom stereocenters. The fraction of sp³-hybridized carbons (Fsp3) is 0. The monoisotopic (exact) mass is 342 g/mol. The van der Waals surface area contributed by atoms with Crippen LogP contribution in [0.1, 0.15) is 11.1 Å². The molecule has 3 aromatic rings. The molecule has 0 aliphatic rings. The number of aromatic amines is 1. The number of aliphatic carboxylic acids is 1. The van der Waals surface area contributed by atoms with Crippen LogP contribution in [0.2, 0.25) is 0 Å². The summed E-state index contributed by atoms with van der Waals surface area (Å²) in [7, 11) is 0. The quantitative estimate of drug-likeness (QED) is 0.708. The van der Waals surface area contributed by atoms with E-state index in [-0.39, 0.29) is 5.57 Å². The fourth-order valence-corrected chi connectivity index (χ4v) is 2.58. The number of pyridine rings is 1. The van der Waals surface area contributed by atoms with Gasteiger partial charge in [0, 0.05) is 27.8 Å². The lowest BCUT2D eigenvalue weighted by molar-refractivity contribution is -0.130. The van der Waals surface area contributed by atoms with Crippen LogP contribution in [0.15, 0.2) is 53.3 Å². The minimum atomic E-state index is -0.966. The van der Waals surface area contributed by atoms with Crippen LogP contribution >= 0.6 is 15.9 Å². The number of nitrogens with zero attached hydrogens (tertiary/aromatic N) is 1. The molecule has 0 aliphatic carbocycles. The summed E-state index contributed by atoms with van der Waals surface area (Å²) in [6, 6.07) is 11.0. The van der Waals surface area contributed by atoms with Crippen molar-refractivity contribution in [2.75, 3.05) is 0 Å². The smallest absolute Gasteiger partial charge is 0.336 e. The second kappa shape index (κ2) is 5.54. The van der Waals surface area contributed by atoms with Crippen LogP contribution in [-0.2, 0) is 4.79 Å². The molecule has 2 heterocycles. The predicted octanol–water partition coefficient (Wildman–Crippen LogP) is 3.95. The number of H-pyrrole nitrogens is 1. The van der Waals surface area contributed by atoms with Crippen LogP contribution < -0.4 is 0 Å². The molecule has 3 rings (SSSR count). The molecule has 0 atom stereocenters. The average molecular weight is 343 g/mol. The molecule has 0 amide bonds. The van der Waals surface area contributed by atoms with Gasteiger partial charge in [-0.3, -0.25) is 0 Å². The lowest BCUT2D eigenvalue weighted by Gasteiger charge is -2.03. The molecule has 0 radical (unpaired) electrons. The maximum Gasteiger partial charge on any atom is 0.336 e. The van der Waals surface area contributed by atoms with E-state index >= 15 is 0 Å². The first kappa shape index (κ1) is 13.6. The number of fused-ring (bicyclic) bond motifs is 1. The highest BCUT2D eigenvalue weighted by atomic mass is 79.9. The predicted molar refractivity (Wildman–Crippen MR) is 85.7 cm³/mol. The van der Waals surface area contributed by atoms with Crippen molar-refractivity contribution >= 4 is 44.6 Å². The van der Waals surface area contributed by atoms with Crippen LogP contribution in [0.4, 0.5) is 0 Å². The topological polar surface area (TPSA) is 66.0 Å². The fourth-order valence-electron chi connectivity index (χ4n) is 2.18. The Balaban J connectivity index is 2.15. The highest BCUT2D eigenvalue weighted by molar-refractivity contribution is 9.10. The van der Waals surface area contributed by atoms with E-state index < -0.39 is 5.97 Å². The van der Waals surface area contributed by atoms with Gasteiger partial charge < -0.3 is 10.1 Å². The number of rotatable bonds is 3. The van der Waals surface area contributed by atoms with Gasteiger partial charge in [-0.05, 0) is 35.9 Å². The van der Waals surface area contributed by atoms with Gasteiger partial charge in [0.25, 0.3) is 0 Å². The third-order valence-corrected chi connectivity index (χ3v) is 3.64. The molecule has 0 saturated heterocycles. The Labute approximate surface area is 129 Å². The summed E-state index contributed by atoms with van der Waals surface area (Å²) >= 11 is 3.36. The highest BCUT2D eigenvalue weighted by Gasteiger charge is 2.12. The minimum Gasteiger partial charge on any atom is -0.478 e. The Morgan fingerprint density at radius 1 is 1.29 bits per heavy atom. The summed E-state index contributed by atoms with van der Waals surface area (Å²) in [5.74, 6) is -0.966. The maximum atomic E-state index is 11.6. The van der Waals surface area contributed by atoms with Gasteiger partial charge in [0.1, 0.15) is 5.65 Å². The number of hydrogen-bond donors (Lipinski definition) is 2. The van der Waals surface area contributed by atoms with Crippen molar-refractivity contribution in [3.8, 4) is 0 Å². The van der Waals surface area contributed by atoms with Gasteiger partial charge in [0.05, 0.1) is 5.57 Å². The highest BCUT2D eigenvalue weighted by Crippen LogP contribution is 2.25. The lowest BCUT2D eigenvalue weighted by atomic mass is 10.0. The van der Waals surface area contributed by atoms with Gasteiger partial charge in [-0.15, -0.1) is 0 Å². The van der Waals surface area contributed by atoms with Crippen molar-refractivity contribution in [1.82, 2.24) is 9.97 Å². The second-order valence-electron chi connectivity index (χ2n) is 4.52.